The summed E-state index contributed by atoms with van der Waals surface area (Å²) in [4.78, 5) is 12.2. The van der Waals surface area contributed by atoms with Gasteiger partial charge >= 0.3 is 6.18 Å². The van der Waals surface area contributed by atoms with Crippen LogP contribution in [0, 0.1) is 0 Å². The van der Waals surface area contributed by atoms with Crippen molar-refractivity contribution < 1.29 is 22.7 Å². The second kappa shape index (κ2) is 10.1. The molecule has 0 radical (unpaired) electrons. The highest BCUT2D eigenvalue weighted by atomic mass is 35.5. The first kappa shape index (κ1) is 25.4. The lowest BCUT2D eigenvalue weighted by atomic mass is 9.86. The molecule has 0 aromatic heterocycles. The number of nitrogens with one attached hydrogen (secondary N) is 1. The zero-order valence-corrected chi connectivity index (χ0v) is 20.4. The number of hydrogen-bond acceptors (Lipinski definition) is 2. The first-order valence-electron chi connectivity index (χ1n) is 10.6. The van der Waals surface area contributed by atoms with Crippen molar-refractivity contribution in [2.24, 2.45) is 0 Å². The van der Waals surface area contributed by atoms with Crippen molar-refractivity contribution in [2.75, 3.05) is 0 Å². The van der Waals surface area contributed by atoms with E-state index < -0.39 is 18.2 Å². The molecule has 0 saturated carbocycles. The summed E-state index contributed by atoms with van der Waals surface area (Å²) in [6.07, 6.45) is -3.88. The predicted molar refractivity (Wildman–Crippen MR) is 131 cm³/mol. The number of carbonyl (C=O) groups excluding carboxylic acids is 1. The molecule has 1 amide bonds. The molecule has 9 heteroatoms. The van der Waals surface area contributed by atoms with E-state index in [1.807, 2.05) is 30.3 Å². The molecule has 0 bridgehead atoms. The average molecular weight is 541 g/mol. The van der Waals surface area contributed by atoms with Crippen LogP contribution < -0.4 is 5.32 Å². The van der Waals surface area contributed by atoms with Gasteiger partial charge in [0.1, 0.15) is 0 Å². The minimum Gasteiger partial charge on any atom is -0.480 e. The summed E-state index contributed by atoms with van der Waals surface area (Å²) in [7, 11) is 0. The van der Waals surface area contributed by atoms with Crippen LogP contribution in [0.3, 0.4) is 0 Å². The molecule has 4 rings (SSSR count). The molecule has 3 nitrogen and oxygen atoms in total. The third kappa shape index (κ3) is 5.61. The molecule has 35 heavy (non-hydrogen) atoms. The molecular weight excluding hydrogens is 522 g/mol. The van der Waals surface area contributed by atoms with Crippen LogP contribution >= 0.6 is 34.8 Å². The molecule has 1 aliphatic rings. The number of benzene rings is 3. The van der Waals surface area contributed by atoms with Crippen molar-refractivity contribution in [1.82, 2.24) is 5.32 Å². The molecule has 3 aromatic carbocycles. The largest absolute Gasteiger partial charge is 0.480 e. The van der Waals surface area contributed by atoms with E-state index in [1.54, 1.807) is 18.2 Å². The Morgan fingerprint density at radius 2 is 1.66 bits per heavy atom. The van der Waals surface area contributed by atoms with Gasteiger partial charge in [-0.2, -0.15) is 13.2 Å². The third-order valence-corrected chi connectivity index (χ3v) is 6.52. The number of halogens is 6. The van der Waals surface area contributed by atoms with Gasteiger partial charge < -0.3 is 10.1 Å². The van der Waals surface area contributed by atoms with E-state index >= 15 is 0 Å². The fraction of sp³-hybridized carbons (Fsp3) is 0.192. The Morgan fingerprint density at radius 1 is 0.971 bits per heavy atom. The van der Waals surface area contributed by atoms with E-state index in [9.17, 15) is 18.0 Å². The highest BCUT2D eigenvalue weighted by molar-refractivity contribution is 6.34. The second-order valence-electron chi connectivity index (χ2n) is 8.17. The van der Waals surface area contributed by atoms with Gasteiger partial charge in [0.15, 0.2) is 0 Å². The van der Waals surface area contributed by atoms with Crippen LogP contribution in [-0.2, 0) is 28.1 Å². The summed E-state index contributed by atoms with van der Waals surface area (Å²) in [5.41, 5.74) is -0.479. The lowest BCUT2D eigenvalue weighted by Gasteiger charge is -2.32. The molecule has 1 atom stereocenters. The molecule has 3 aromatic rings. The fourth-order valence-corrected chi connectivity index (χ4v) is 4.68. The summed E-state index contributed by atoms with van der Waals surface area (Å²) >= 11 is 18.3. The fourth-order valence-electron chi connectivity index (χ4n) is 3.91. The van der Waals surface area contributed by atoms with Gasteiger partial charge in [-0.05, 0) is 46.5 Å². The third-order valence-electron chi connectivity index (χ3n) is 5.74. The molecule has 1 N–H and O–H groups in total. The first-order chi connectivity index (χ1) is 16.6. The van der Waals surface area contributed by atoms with Crippen molar-refractivity contribution in [3.8, 4) is 0 Å². The summed E-state index contributed by atoms with van der Waals surface area (Å²) in [5.74, 6) is -0.168. The Hall–Kier alpha value is -2.67. The normalized spacial score (nSPS) is 17.6. The standard InChI is InChI=1S/C26H19Cl3F3NO2/c27-21-10-20(11-22(28)12-21)25(26(30,31)32)13-19(15-35-25)17-6-7-18(23(29)9-17)14-33-24(34)8-16-4-2-1-3-5-16/h1-7,9-12,15H,8,13-14H2,(H,33,34). The van der Waals surface area contributed by atoms with Gasteiger partial charge in [-0.25, -0.2) is 0 Å². The van der Waals surface area contributed by atoms with Crippen LogP contribution in [0.1, 0.15) is 28.7 Å². The minimum atomic E-state index is -4.73. The maximum atomic E-state index is 14.2. The van der Waals surface area contributed by atoms with Gasteiger partial charge in [-0.15, -0.1) is 0 Å². The highest BCUT2D eigenvalue weighted by Gasteiger charge is 2.60. The van der Waals surface area contributed by atoms with E-state index in [2.05, 4.69) is 5.32 Å². The number of alkyl halides is 3. The van der Waals surface area contributed by atoms with Gasteiger partial charge in [0.2, 0.25) is 11.5 Å². The summed E-state index contributed by atoms with van der Waals surface area (Å²) < 4.78 is 47.9. The number of carbonyl (C=O) groups is 1. The summed E-state index contributed by atoms with van der Waals surface area (Å²) in [5, 5.41) is 3.28. The van der Waals surface area contributed by atoms with Gasteiger partial charge in [-0.3, -0.25) is 4.79 Å². The second-order valence-corrected chi connectivity index (χ2v) is 9.45. The minimum absolute atomic E-state index is 0.0786. The molecule has 1 unspecified atom stereocenters. The van der Waals surface area contributed by atoms with Gasteiger partial charge in [0.05, 0.1) is 12.7 Å². The quantitative estimate of drug-likeness (QED) is 0.347. The smallest absolute Gasteiger partial charge is 0.432 e. The van der Waals surface area contributed by atoms with Crippen LogP contribution in [0.5, 0.6) is 0 Å². The topological polar surface area (TPSA) is 38.3 Å². The van der Waals surface area contributed by atoms with Crippen LogP contribution in [0.2, 0.25) is 15.1 Å². The highest BCUT2D eigenvalue weighted by Crippen LogP contribution is 2.52. The van der Waals surface area contributed by atoms with Crippen LogP contribution in [-0.4, -0.2) is 12.1 Å². The van der Waals surface area contributed by atoms with E-state index in [4.69, 9.17) is 39.5 Å². The lowest BCUT2D eigenvalue weighted by molar-refractivity contribution is -0.260. The van der Waals surface area contributed by atoms with E-state index in [-0.39, 0.29) is 34.5 Å². The van der Waals surface area contributed by atoms with Crippen molar-refractivity contribution in [3.05, 3.63) is 110 Å². The molecule has 0 spiro atoms. The summed E-state index contributed by atoms with van der Waals surface area (Å²) in [6, 6.07) is 17.9. The molecular formula is C26H19Cl3F3NO2. The number of hydrogen-bond donors (Lipinski definition) is 1. The zero-order valence-electron chi connectivity index (χ0n) is 18.1. The SMILES string of the molecule is O=C(Cc1ccccc1)NCc1ccc(C2=COC(c3cc(Cl)cc(Cl)c3)(C(F)(F)F)C2)cc1Cl. The predicted octanol–water partition coefficient (Wildman–Crippen LogP) is 7.72. The Labute approximate surface area is 215 Å². The number of amides is 1. The average Bonchev–Trinajstić information content (AvgIpc) is 3.25. The van der Waals surface area contributed by atoms with Crippen LogP contribution in [0.25, 0.3) is 5.57 Å². The molecule has 1 aliphatic heterocycles. The lowest BCUT2D eigenvalue weighted by Crippen LogP contribution is -2.42. The van der Waals surface area contributed by atoms with E-state index in [0.29, 0.717) is 21.7 Å². The first-order valence-corrected chi connectivity index (χ1v) is 11.7. The van der Waals surface area contributed by atoms with E-state index in [0.717, 1.165) is 11.8 Å². The maximum Gasteiger partial charge on any atom is 0.432 e. The number of rotatable bonds is 6. The summed E-state index contributed by atoms with van der Waals surface area (Å²) in [6.45, 7) is 0.188. The maximum absolute atomic E-state index is 14.2. The van der Waals surface area contributed by atoms with Crippen molar-refractivity contribution in [1.29, 1.82) is 0 Å². The van der Waals surface area contributed by atoms with Crippen molar-refractivity contribution in [2.45, 2.75) is 31.2 Å². The molecule has 0 fully saturated rings. The Balaban J connectivity index is 1.49. The number of ether oxygens (including phenoxy) is 1. The van der Waals surface area contributed by atoms with Gasteiger partial charge in [0.25, 0.3) is 0 Å². The Morgan fingerprint density at radius 3 is 2.29 bits per heavy atom. The van der Waals surface area contributed by atoms with Crippen LogP contribution in [0.4, 0.5) is 13.2 Å². The Bertz CT molecular complexity index is 1260. The molecule has 0 aliphatic carbocycles. The molecule has 0 saturated heterocycles. The zero-order chi connectivity index (χ0) is 25.2. The Kier molecular flexibility index (Phi) is 7.36. The monoisotopic (exact) mass is 539 g/mol. The van der Waals surface area contributed by atoms with Crippen molar-refractivity contribution in [3.63, 3.8) is 0 Å². The van der Waals surface area contributed by atoms with E-state index in [1.165, 1.54) is 18.2 Å². The van der Waals surface area contributed by atoms with Crippen molar-refractivity contribution >= 4 is 46.3 Å². The van der Waals surface area contributed by atoms with Crippen LogP contribution in [0.15, 0.2) is 73.0 Å². The molecule has 182 valence electrons. The molecule has 1 heterocycles. The van der Waals surface area contributed by atoms with Gasteiger partial charge in [0, 0.05) is 33.6 Å². The van der Waals surface area contributed by atoms with Gasteiger partial charge in [-0.1, -0.05) is 77.3 Å².